The van der Waals surface area contributed by atoms with Crippen molar-refractivity contribution in [3.63, 3.8) is 0 Å². The largest absolute Gasteiger partial charge is 0.384 e. The van der Waals surface area contributed by atoms with E-state index in [4.69, 9.17) is 5.11 Å². The predicted molar refractivity (Wildman–Crippen MR) is 76.6 cm³/mol. The molecule has 0 aromatic carbocycles. The second kappa shape index (κ2) is 7.17. The molecule has 0 saturated carbocycles. The normalized spacial score (nSPS) is 21.6. The number of hydrogen-bond donors (Lipinski definition) is 2. The van der Waals surface area contributed by atoms with Gasteiger partial charge in [-0.15, -0.1) is 0 Å². The number of hydrogen-bond acceptors (Lipinski definition) is 4. The number of aromatic nitrogens is 1. The quantitative estimate of drug-likeness (QED) is 0.756. The Balaban J connectivity index is 1.93. The standard InChI is InChI=1S/C14H16N2O3S/c17-7-1-2-11-3-4-13(15-10-11)14(18)16-12-5-8-20(19)9-6-12/h3-4,10,12,17H,5-9H2,(H,16,18). The van der Waals surface area contributed by atoms with Gasteiger partial charge in [-0.2, -0.15) is 0 Å². The molecule has 20 heavy (non-hydrogen) atoms. The number of nitrogens with one attached hydrogen (secondary N) is 1. The molecule has 1 aromatic heterocycles. The van der Waals surface area contributed by atoms with Crippen molar-refractivity contribution in [1.82, 2.24) is 10.3 Å². The third-order valence-corrected chi connectivity index (χ3v) is 4.41. The first-order valence-electron chi connectivity index (χ1n) is 6.40. The second-order valence-electron chi connectivity index (χ2n) is 4.49. The summed E-state index contributed by atoms with van der Waals surface area (Å²) in [6.45, 7) is -0.203. The van der Waals surface area contributed by atoms with Crippen molar-refractivity contribution in [2.75, 3.05) is 18.1 Å². The van der Waals surface area contributed by atoms with Crippen LogP contribution in [0.5, 0.6) is 0 Å². The molecule has 1 aliphatic rings. The van der Waals surface area contributed by atoms with Gasteiger partial charge in [0.25, 0.3) is 5.91 Å². The van der Waals surface area contributed by atoms with E-state index in [0.717, 1.165) is 12.8 Å². The van der Waals surface area contributed by atoms with Crippen LogP contribution in [-0.4, -0.2) is 44.4 Å². The van der Waals surface area contributed by atoms with E-state index in [0.29, 0.717) is 22.8 Å². The molecule has 1 saturated heterocycles. The molecule has 0 bridgehead atoms. The van der Waals surface area contributed by atoms with Crippen LogP contribution in [0.25, 0.3) is 0 Å². The van der Waals surface area contributed by atoms with Gasteiger partial charge >= 0.3 is 0 Å². The molecule has 0 spiro atoms. The third kappa shape index (κ3) is 4.15. The van der Waals surface area contributed by atoms with E-state index in [9.17, 15) is 9.00 Å². The van der Waals surface area contributed by atoms with Gasteiger partial charge in [0.2, 0.25) is 0 Å². The maximum atomic E-state index is 12.0. The fraction of sp³-hybridized carbons (Fsp3) is 0.429. The molecule has 5 nitrogen and oxygen atoms in total. The molecule has 6 heteroatoms. The van der Waals surface area contributed by atoms with Gasteiger partial charge in [0, 0.05) is 40.1 Å². The number of carbonyl (C=O) groups is 1. The summed E-state index contributed by atoms with van der Waals surface area (Å²) < 4.78 is 11.2. The van der Waals surface area contributed by atoms with Crippen molar-refractivity contribution in [3.05, 3.63) is 29.6 Å². The van der Waals surface area contributed by atoms with Gasteiger partial charge in [0.05, 0.1) is 0 Å². The summed E-state index contributed by atoms with van der Waals surface area (Å²) >= 11 is 0. The van der Waals surface area contributed by atoms with Crippen LogP contribution in [-0.2, 0) is 10.8 Å². The average Bonchev–Trinajstić information content (AvgIpc) is 2.48. The molecular formula is C14H16N2O3S. The van der Waals surface area contributed by atoms with Crippen molar-refractivity contribution >= 4 is 16.7 Å². The fourth-order valence-electron chi connectivity index (χ4n) is 1.94. The molecule has 2 heterocycles. The van der Waals surface area contributed by atoms with E-state index in [2.05, 4.69) is 22.1 Å². The Hall–Kier alpha value is -1.71. The first-order valence-corrected chi connectivity index (χ1v) is 7.89. The van der Waals surface area contributed by atoms with Crippen molar-refractivity contribution in [3.8, 4) is 11.8 Å². The molecule has 1 aliphatic heterocycles. The van der Waals surface area contributed by atoms with Crippen LogP contribution in [0.3, 0.4) is 0 Å². The van der Waals surface area contributed by atoms with Gasteiger partial charge in [-0.1, -0.05) is 11.8 Å². The van der Waals surface area contributed by atoms with Crippen molar-refractivity contribution in [2.24, 2.45) is 0 Å². The molecule has 106 valence electrons. The Morgan fingerprint density at radius 2 is 2.20 bits per heavy atom. The van der Waals surface area contributed by atoms with Crippen LogP contribution >= 0.6 is 0 Å². The molecule has 2 rings (SSSR count). The number of aliphatic hydroxyl groups is 1. The molecule has 0 atom stereocenters. The Bertz CT molecular complexity index is 550. The lowest BCUT2D eigenvalue weighted by Crippen LogP contribution is -2.39. The van der Waals surface area contributed by atoms with E-state index in [1.165, 1.54) is 6.20 Å². The highest BCUT2D eigenvalue weighted by Gasteiger charge is 2.20. The molecule has 1 aromatic rings. The average molecular weight is 292 g/mol. The van der Waals surface area contributed by atoms with Crippen LogP contribution in [0.15, 0.2) is 18.3 Å². The van der Waals surface area contributed by atoms with Gasteiger partial charge in [0.1, 0.15) is 12.3 Å². The maximum Gasteiger partial charge on any atom is 0.270 e. The number of amides is 1. The van der Waals surface area contributed by atoms with Crippen molar-refractivity contribution < 1.29 is 14.1 Å². The highest BCUT2D eigenvalue weighted by atomic mass is 32.2. The molecule has 0 unspecified atom stereocenters. The van der Waals surface area contributed by atoms with E-state index < -0.39 is 10.8 Å². The first kappa shape index (κ1) is 14.7. The van der Waals surface area contributed by atoms with Crippen molar-refractivity contribution in [1.29, 1.82) is 0 Å². The second-order valence-corrected chi connectivity index (χ2v) is 6.18. The number of pyridine rings is 1. The van der Waals surface area contributed by atoms with Crippen LogP contribution in [0.2, 0.25) is 0 Å². The first-order chi connectivity index (χ1) is 9.69. The van der Waals surface area contributed by atoms with E-state index in [1.54, 1.807) is 12.1 Å². The van der Waals surface area contributed by atoms with Gasteiger partial charge in [0.15, 0.2) is 0 Å². The van der Waals surface area contributed by atoms with Gasteiger partial charge in [-0.25, -0.2) is 4.98 Å². The Labute approximate surface area is 120 Å². The maximum absolute atomic E-state index is 12.0. The summed E-state index contributed by atoms with van der Waals surface area (Å²) in [7, 11) is -0.729. The molecular weight excluding hydrogens is 276 g/mol. The van der Waals surface area contributed by atoms with Crippen LogP contribution in [0, 0.1) is 11.8 Å². The SMILES string of the molecule is O=C(NC1CCS(=O)CC1)c1ccc(C#CCO)cn1. The minimum absolute atomic E-state index is 0.0795. The summed E-state index contributed by atoms with van der Waals surface area (Å²) in [6, 6.07) is 3.38. The topological polar surface area (TPSA) is 79.3 Å². The summed E-state index contributed by atoms with van der Waals surface area (Å²) in [5, 5.41) is 11.5. The van der Waals surface area contributed by atoms with Gasteiger partial charge < -0.3 is 10.4 Å². The number of aliphatic hydroxyl groups excluding tert-OH is 1. The minimum atomic E-state index is -0.729. The Morgan fingerprint density at radius 1 is 1.45 bits per heavy atom. The molecule has 1 fully saturated rings. The van der Waals surface area contributed by atoms with Gasteiger partial charge in [-0.05, 0) is 25.0 Å². The Morgan fingerprint density at radius 3 is 2.80 bits per heavy atom. The minimum Gasteiger partial charge on any atom is -0.384 e. The predicted octanol–water partition coefficient (Wildman–Crippen LogP) is 0.0663. The molecule has 2 N–H and O–H groups in total. The molecule has 1 amide bonds. The zero-order valence-electron chi connectivity index (χ0n) is 11.0. The number of rotatable bonds is 2. The fourth-order valence-corrected chi connectivity index (χ4v) is 3.24. The smallest absolute Gasteiger partial charge is 0.270 e. The van der Waals surface area contributed by atoms with Crippen LogP contribution in [0.1, 0.15) is 28.9 Å². The third-order valence-electron chi connectivity index (χ3n) is 3.03. The number of carbonyl (C=O) groups excluding carboxylic acids is 1. The zero-order valence-corrected chi connectivity index (χ0v) is 11.8. The highest BCUT2D eigenvalue weighted by Crippen LogP contribution is 2.10. The zero-order chi connectivity index (χ0) is 14.4. The van der Waals surface area contributed by atoms with Crippen LogP contribution in [0.4, 0.5) is 0 Å². The lowest BCUT2D eigenvalue weighted by Gasteiger charge is -2.22. The van der Waals surface area contributed by atoms with Gasteiger partial charge in [-0.3, -0.25) is 9.00 Å². The number of nitrogens with zero attached hydrogens (tertiary/aromatic N) is 1. The van der Waals surface area contributed by atoms with E-state index in [1.807, 2.05) is 0 Å². The summed E-state index contributed by atoms with van der Waals surface area (Å²) in [5.74, 6) is 6.31. The van der Waals surface area contributed by atoms with E-state index in [-0.39, 0.29) is 18.6 Å². The summed E-state index contributed by atoms with van der Waals surface area (Å²) in [6.07, 6.45) is 3.00. The summed E-state index contributed by atoms with van der Waals surface area (Å²) in [4.78, 5) is 16.1. The monoisotopic (exact) mass is 292 g/mol. The Kier molecular flexibility index (Phi) is 5.27. The van der Waals surface area contributed by atoms with Crippen molar-refractivity contribution in [2.45, 2.75) is 18.9 Å². The highest BCUT2D eigenvalue weighted by molar-refractivity contribution is 7.85. The molecule has 0 aliphatic carbocycles. The van der Waals surface area contributed by atoms with Crippen LogP contribution < -0.4 is 5.32 Å². The lowest BCUT2D eigenvalue weighted by atomic mass is 10.1. The lowest BCUT2D eigenvalue weighted by molar-refractivity contribution is 0.0929. The van der Waals surface area contributed by atoms with E-state index >= 15 is 0 Å². The summed E-state index contributed by atoms with van der Waals surface area (Å²) in [5.41, 5.74) is 0.995. The molecule has 0 radical (unpaired) electrons.